The van der Waals surface area contributed by atoms with Gasteiger partial charge < -0.3 is 15.8 Å². The second-order valence-electron chi connectivity index (χ2n) is 3.97. The monoisotopic (exact) mass is 256 g/mol. The molecule has 0 aromatic rings. The van der Waals surface area contributed by atoms with Crippen molar-refractivity contribution >= 4 is 5.91 Å². The third-order valence-corrected chi connectivity index (χ3v) is 2.13. The first-order valence-corrected chi connectivity index (χ1v) is 5.38. The lowest BCUT2D eigenvalue weighted by Gasteiger charge is -2.18. The van der Waals surface area contributed by atoms with Crippen LogP contribution < -0.4 is 11.1 Å². The highest BCUT2D eigenvalue weighted by atomic mass is 19.4. The van der Waals surface area contributed by atoms with Gasteiger partial charge in [-0.3, -0.25) is 4.79 Å². The van der Waals surface area contributed by atoms with Crippen molar-refractivity contribution in [2.75, 3.05) is 13.7 Å². The Balaban J connectivity index is 3.90. The molecular formula is C10H19F3N2O2. The van der Waals surface area contributed by atoms with Crippen LogP contribution in [0.25, 0.3) is 0 Å². The third-order valence-electron chi connectivity index (χ3n) is 2.13. The number of alkyl halides is 3. The summed E-state index contributed by atoms with van der Waals surface area (Å²) >= 11 is 0. The Labute approximate surface area is 98.7 Å². The maximum absolute atomic E-state index is 12.0. The molecule has 7 heteroatoms. The molecule has 0 fully saturated rings. The highest BCUT2D eigenvalue weighted by Gasteiger charge is 2.31. The Morgan fingerprint density at radius 2 is 2.06 bits per heavy atom. The summed E-state index contributed by atoms with van der Waals surface area (Å²) in [5.41, 5.74) is 5.52. The van der Waals surface area contributed by atoms with E-state index in [4.69, 9.17) is 10.5 Å². The average molecular weight is 256 g/mol. The van der Waals surface area contributed by atoms with Crippen molar-refractivity contribution < 1.29 is 22.7 Å². The Bertz CT molecular complexity index is 234. The summed E-state index contributed by atoms with van der Waals surface area (Å²) in [6, 6.07) is -1.75. The van der Waals surface area contributed by atoms with Gasteiger partial charge in [-0.05, 0) is 19.8 Å². The number of carbonyl (C=O) groups excluding carboxylic acids is 1. The number of hydrogen-bond donors (Lipinski definition) is 2. The second kappa shape index (κ2) is 7.50. The van der Waals surface area contributed by atoms with E-state index in [1.165, 1.54) is 14.0 Å². The molecule has 1 amide bonds. The van der Waals surface area contributed by atoms with Gasteiger partial charge in [-0.25, -0.2) is 0 Å². The van der Waals surface area contributed by atoms with E-state index < -0.39 is 30.6 Å². The Morgan fingerprint density at radius 1 is 1.47 bits per heavy atom. The zero-order valence-corrected chi connectivity index (χ0v) is 10.0. The fourth-order valence-electron chi connectivity index (χ4n) is 1.33. The number of carbonyl (C=O) groups is 1. The highest BCUT2D eigenvalue weighted by molar-refractivity contribution is 5.81. The van der Waals surface area contributed by atoms with Crippen LogP contribution in [0, 0.1) is 0 Å². The molecule has 4 nitrogen and oxygen atoms in total. The van der Waals surface area contributed by atoms with Gasteiger partial charge in [0.15, 0.2) is 0 Å². The average Bonchev–Trinajstić information content (AvgIpc) is 2.14. The van der Waals surface area contributed by atoms with Crippen LogP contribution in [0.4, 0.5) is 13.2 Å². The SMILES string of the molecule is COCCCC(N)C(=O)NC(C)CC(F)(F)F. The van der Waals surface area contributed by atoms with Crippen LogP contribution in [0.5, 0.6) is 0 Å². The fraction of sp³-hybridized carbons (Fsp3) is 0.900. The summed E-state index contributed by atoms with van der Waals surface area (Å²) < 4.78 is 40.8. The van der Waals surface area contributed by atoms with Crippen molar-refractivity contribution in [3.63, 3.8) is 0 Å². The van der Waals surface area contributed by atoms with Crippen molar-refractivity contribution in [1.82, 2.24) is 5.32 Å². The minimum Gasteiger partial charge on any atom is -0.385 e. The fourth-order valence-corrected chi connectivity index (χ4v) is 1.33. The smallest absolute Gasteiger partial charge is 0.385 e. The molecule has 0 bridgehead atoms. The first kappa shape index (κ1) is 16.2. The molecule has 0 rings (SSSR count). The molecule has 0 aromatic carbocycles. The second-order valence-corrected chi connectivity index (χ2v) is 3.97. The van der Waals surface area contributed by atoms with Crippen LogP contribution >= 0.6 is 0 Å². The minimum absolute atomic E-state index is 0.387. The zero-order chi connectivity index (χ0) is 13.5. The molecule has 0 aliphatic carbocycles. The van der Waals surface area contributed by atoms with E-state index in [0.717, 1.165) is 0 Å². The lowest BCUT2D eigenvalue weighted by Crippen LogP contribution is -2.45. The van der Waals surface area contributed by atoms with E-state index >= 15 is 0 Å². The van der Waals surface area contributed by atoms with Gasteiger partial charge in [0.25, 0.3) is 0 Å². The molecule has 3 N–H and O–H groups in total. The summed E-state index contributed by atoms with van der Waals surface area (Å²) in [7, 11) is 1.52. The largest absolute Gasteiger partial charge is 0.391 e. The minimum atomic E-state index is -4.28. The summed E-state index contributed by atoms with van der Waals surface area (Å²) in [5, 5.41) is 2.24. The first-order chi connectivity index (χ1) is 7.76. The van der Waals surface area contributed by atoms with Crippen LogP contribution in [-0.2, 0) is 9.53 Å². The first-order valence-electron chi connectivity index (χ1n) is 5.38. The van der Waals surface area contributed by atoms with E-state index in [9.17, 15) is 18.0 Å². The van der Waals surface area contributed by atoms with Crippen molar-refractivity contribution in [3.8, 4) is 0 Å². The maximum Gasteiger partial charge on any atom is 0.391 e. The molecule has 2 atom stereocenters. The topological polar surface area (TPSA) is 64.3 Å². The van der Waals surface area contributed by atoms with Crippen molar-refractivity contribution in [2.24, 2.45) is 5.73 Å². The van der Waals surface area contributed by atoms with Crippen LogP contribution in [0.15, 0.2) is 0 Å². The number of amides is 1. The molecule has 0 spiro atoms. The zero-order valence-electron chi connectivity index (χ0n) is 10.0. The Morgan fingerprint density at radius 3 is 2.53 bits per heavy atom. The number of rotatable bonds is 7. The number of nitrogens with two attached hydrogens (primary N) is 1. The predicted octanol–water partition coefficient (Wildman–Crippen LogP) is 1.20. The van der Waals surface area contributed by atoms with Gasteiger partial charge in [-0.2, -0.15) is 13.2 Å². The molecular weight excluding hydrogens is 237 g/mol. The molecule has 0 saturated carbocycles. The van der Waals surface area contributed by atoms with Crippen LogP contribution in [-0.4, -0.2) is 37.9 Å². The number of nitrogens with one attached hydrogen (secondary N) is 1. The van der Waals surface area contributed by atoms with Gasteiger partial charge in [-0.1, -0.05) is 0 Å². The highest BCUT2D eigenvalue weighted by Crippen LogP contribution is 2.21. The molecule has 2 unspecified atom stereocenters. The van der Waals surface area contributed by atoms with Crippen molar-refractivity contribution in [3.05, 3.63) is 0 Å². The molecule has 102 valence electrons. The van der Waals surface area contributed by atoms with Crippen LogP contribution in [0.1, 0.15) is 26.2 Å². The third kappa shape index (κ3) is 8.93. The molecule has 0 heterocycles. The summed E-state index contributed by atoms with van der Waals surface area (Å²) in [5.74, 6) is -0.558. The summed E-state index contributed by atoms with van der Waals surface area (Å²) in [6.45, 7) is 1.77. The quantitative estimate of drug-likeness (QED) is 0.673. The molecule has 0 aliphatic rings. The predicted molar refractivity (Wildman–Crippen MR) is 57.4 cm³/mol. The number of halogens is 3. The van der Waals surface area contributed by atoms with Crippen LogP contribution in [0.2, 0.25) is 0 Å². The number of ether oxygens (including phenoxy) is 1. The van der Waals surface area contributed by atoms with Gasteiger partial charge in [0.1, 0.15) is 0 Å². The van der Waals surface area contributed by atoms with E-state index in [1.807, 2.05) is 0 Å². The standard InChI is InChI=1S/C10H19F3N2O2/c1-7(6-10(11,12)13)15-9(16)8(14)4-3-5-17-2/h7-8H,3-6,14H2,1-2H3,(H,15,16). The van der Waals surface area contributed by atoms with E-state index in [0.29, 0.717) is 19.4 Å². The van der Waals surface area contributed by atoms with Crippen LogP contribution in [0.3, 0.4) is 0 Å². The Hall–Kier alpha value is -0.820. The van der Waals surface area contributed by atoms with E-state index in [1.54, 1.807) is 0 Å². The molecule has 0 aromatic heterocycles. The van der Waals surface area contributed by atoms with Gasteiger partial charge >= 0.3 is 6.18 Å². The number of methoxy groups -OCH3 is 1. The van der Waals surface area contributed by atoms with Gasteiger partial charge in [0.05, 0.1) is 12.5 Å². The number of hydrogen-bond acceptors (Lipinski definition) is 3. The van der Waals surface area contributed by atoms with E-state index in [2.05, 4.69) is 5.32 Å². The van der Waals surface area contributed by atoms with Gasteiger partial charge in [-0.15, -0.1) is 0 Å². The Kier molecular flexibility index (Phi) is 7.13. The maximum atomic E-state index is 12.0. The van der Waals surface area contributed by atoms with Gasteiger partial charge in [0.2, 0.25) is 5.91 Å². The molecule has 17 heavy (non-hydrogen) atoms. The molecule has 0 saturated heterocycles. The summed E-state index contributed by atoms with van der Waals surface area (Å²) in [6.07, 6.45) is -4.35. The van der Waals surface area contributed by atoms with E-state index in [-0.39, 0.29) is 0 Å². The van der Waals surface area contributed by atoms with Gasteiger partial charge in [0, 0.05) is 19.8 Å². The molecule has 0 radical (unpaired) electrons. The lowest BCUT2D eigenvalue weighted by atomic mass is 10.1. The molecule has 0 aliphatic heterocycles. The van der Waals surface area contributed by atoms with Crippen molar-refractivity contribution in [1.29, 1.82) is 0 Å². The summed E-state index contributed by atoms with van der Waals surface area (Å²) in [4.78, 5) is 11.4. The van der Waals surface area contributed by atoms with Crippen molar-refractivity contribution in [2.45, 2.75) is 44.4 Å². The normalized spacial score (nSPS) is 15.4. The lowest BCUT2D eigenvalue weighted by molar-refractivity contribution is -0.141.